The highest BCUT2D eigenvalue weighted by Gasteiger charge is 2.32. The lowest BCUT2D eigenvalue weighted by atomic mass is 10.0. The van der Waals surface area contributed by atoms with Gasteiger partial charge in [0.05, 0.1) is 17.9 Å². The van der Waals surface area contributed by atoms with Crippen molar-refractivity contribution in [3.63, 3.8) is 0 Å². The maximum absolute atomic E-state index is 13.2. The van der Waals surface area contributed by atoms with Crippen molar-refractivity contribution >= 4 is 23.2 Å². The lowest BCUT2D eigenvalue weighted by molar-refractivity contribution is 0.0962. The molecule has 2 amide bonds. The van der Waals surface area contributed by atoms with Crippen molar-refractivity contribution in [2.24, 2.45) is 0 Å². The molecule has 28 heavy (non-hydrogen) atoms. The van der Waals surface area contributed by atoms with Crippen LogP contribution in [0.4, 0.5) is 4.79 Å². The summed E-state index contributed by atoms with van der Waals surface area (Å²) >= 11 is -1.59. The minimum absolute atomic E-state index is 0.0261. The molecule has 2 aromatic rings. The zero-order valence-electron chi connectivity index (χ0n) is 15.6. The largest absolute Gasteiger partial charge is 0.609 e. The molecule has 2 heterocycles. The van der Waals surface area contributed by atoms with Crippen molar-refractivity contribution in [1.82, 2.24) is 19.8 Å². The molecule has 0 saturated heterocycles. The number of hydrogen-bond donors (Lipinski definition) is 2. The van der Waals surface area contributed by atoms with E-state index in [1.54, 1.807) is 31.2 Å². The van der Waals surface area contributed by atoms with Gasteiger partial charge in [-0.15, -0.1) is 0 Å². The maximum atomic E-state index is 13.2. The minimum Gasteiger partial charge on any atom is -0.609 e. The molecule has 0 spiro atoms. The molecule has 0 fully saturated rings. The molecule has 148 valence electrons. The highest BCUT2D eigenvalue weighted by atomic mass is 32.2. The van der Waals surface area contributed by atoms with E-state index in [2.05, 4.69) is 10.3 Å². The van der Waals surface area contributed by atoms with Crippen LogP contribution in [0.15, 0.2) is 34.2 Å². The predicted molar refractivity (Wildman–Crippen MR) is 102 cm³/mol. The molecule has 2 atom stereocenters. The first kappa shape index (κ1) is 19.9. The van der Waals surface area contributed by atoms with Crippen LogP contribution in [0.1, 0.15) is 28.5 Å². The fourth-order valence-corrected chi connectivity index (χ4v) is 3.90. The number of fused-ring (bicyclic) bond motifs is 1. The van der Waals surface area contributed by atoms with Crippen molar-refractivity contribution in [1.29, 1.82) is 0 Å². The summed E-state index contributed by atoms with van der Waals surface area (Å²) in [6.45, 7) is 1.70. The van der Waals surface area contributed by atoms with Crippen LogP contribution in [0.3, 0.4) is 0 Å². The highest BCUT2D eigenvalue weighted by molar-refractivity contribution is 7.90. The van der Waals surface area contributed by atoms with Gasteiger partial charge >= 0.3 is 11.2 Å². The van der Waals surface area contributed by atoms with E-state index in [4.69, 9.17) is 0 Å². The number of carboxylic acid groups (broad SMARTS) is 1. The second-order valence-corrected chi connectivity index (χ2v) is 7.78. The summed E-state index contributed by atoms with van der Waals surface area (Å²) in [6.07, 6.45) is 0.540. The van der Waals surface area contributed by atoms with E-state index in [0.717, 1.165) is 0 Å². The van der Waals surface area contributed by atoms with Gasteiger partial charge in [0, 0.05) is 41.8 Å². The van der Waals surface area contributed by atoms with Crippen LogP contribution in [0.25, 0.3) is 5.69 Å². The van der Waals surface area contributed by atoms with Crippen LogP contribution in [0.5, 0.6) is 0 Å². The zero-order chi connectivity index (χ0) is 20.6. The first-order chi connectivity index (χ1) is 13.2. The molecular weight excluding hydrogens is 384 g/mol. The summed E-state index contributed by atoms with van der Waals surface area (Å²) in [7, 11) is 1.52. The SMILES string of the molecule is CNC(=O)c1ccc(-n2c([S+](C)[O-])nc3c(c2=O)C[C@@H](C)N(C(=O)O)C3)cc1. The van der Waals surface area contributed by atoms with Gasteiger partial charge in [0.15, 0.2) is 0 Å². The average molecular weight is 404 g/mol. The lowest BCUT2D eigenvalue weighted by Crippen LogP contribution is -2.45. The Hall–Kier alpha value is -2.85. The summed E-state index contributed by atoms with van der Waals surface area (Å²) in [5.74, 6) is -0.260. The Kier molecular flexibility index (Phi) is 5.43. The van der Waals surface area contributed by atoms with Gasteiger partial charge in [-0.25, -0.2) is 9.36 Å². The number of rotatable bonds is 3. The minimum atomic E-state index is -1.59. The third-order valence-corrected chi connectivity index (χ3v) is 5.49. The van der Waals surface area contributed by atoms with Crippen LogP contribution in [-0.2, 0) is 24.1 Å². The quantitative estimate of drug-likeness (QED) is 0.574. The van der Waals surface area contributed by atoms with Crippen molar-refractivity contribution < 1.29 is 19.2 Å². The van der Waals surface area contributed by atoms with Crippen molar-refractivity contribution in [3.05, 3.63) is 51.4 Å². The molecule has 0 radical (unpaired) electrons. The molecule has 1 aromatic heterocycles. The van der Waals surface area contributed by atoms with Gasteiger partial charge in [-0.2, -0.15) is 4.98 Å². The second-order valence-electron chi connectivity index (χ2n) is 6.50. The molecule has 9 nitrogen and oxygen atoms in total. The van der Waals surface area contributed by atoms with Gasteiger partial charge < -0.3 is 15.0 Å². The van der Waals surface area contributed by atoms with Gasteiger partial charge in [0.1, 0.15) is 6.26 Å². The number of carbonyl (C=O) groups is 2. The molecule has 0 saturated carbocycles. The van der Waals surface area contributed by atoms with Crippen LogP contribution in [0, 0.1) is 0 Å². The molecular formula is C18H20N4O5S. The summed E-state index contributed by atoms with van der Waals surface area (Å²) in [5, 5.41) is 11.9. The molecule has 0 bridgehead atoms. The molecule has 10 heteroatoms. The Balaban J connectivity index is 2.15. The van der Waals surface area contributed by atoms with E-state index in [-0.39, 0.29) is 35.6 Å². The fourth-order valence-electron chi connectivity index (χ4n) is 3.22. The first-order valence-electron chi connectivity index (χ1n) is 8.55. The topological polar surface area (TPSA) is 128 Å². The van der Waals surface area contributed by atoms with E-state index >= 15 is 0 Å². The molecule has 0 aliphatic carbocycles. The third-order valence-electron chi connectivity index (χ3n) is 4.70. The summed E-state index contributed by atoms with van der Waals surface area (Å²) < 4.78 is 13.5. The van der Waals surface area contributed by atoms with E-state index in [0.29, 0.717) is 22.5 Å². The lowest BCUT2D eigenvalue weighted by Gasteiger charge is -2.32. The smallest absolute Gasteiger partial charge is 0.407 e. The Bertz CT molecular complexity index is 987. The number of amides is 2. The van der Waals surface area contributed by atoms with Gasteiger partial charge in [0.25, 0.3) is 11.5 Å². The van der Waals surface area contributed by atoms with Crippen LogP contribution < -0.4 is 10.9 Å². The number of carbonyl (C=O) groups excluding carboxylic acids is 1. The van der Waals surface area contributed by atoms with Crippen LogP contribution >= 0.6 is 0 Å². The van der Waals surface area contributed by atoms with E-state index < -0.39 is 17.3 Å². The molecule has 1 aliphatic heterocycles. The van der Waals surface area contributed by atoms with Crippen molar-refractivity contribution in [2.45, 2.75) is 31.1 Å². The standard InChI is InChI=1S/C18H20N4O5S/c1-10-8-13-14(9-21(10)18(25)26)20-17(28(3)27)22(16(13)24)12-6-4-11(5-7-12)15(23)19-2/h4-7,10H,8-9H2,1-3H3,(H,19,23)(H,25,26)/t10-,28?/m1/s1. The second kappa shape index (κ2) is 7.64. The number of aromatic nitrogens is 2. The predicted octanol–water partition coefficient (Wildman–Crippen LogP) is 0.754. The van der Waals surface area contributed by atoms with Crippen LogP contribution in [0.2, 0.25) is 0 Å². The molecule has 1 aliphatic rings. The average Bonchev–Trinajstić information content (AvgIpc) is 2.67. The molecule has 1 aromatic carbocycles. The number of hydrogen-bond acceptors (Lipinski definition) is 5. The zero-order valence-corrected chi connectivity index (χ0v) is 16.4. The number of benzene rings is 1. The van der Waals surface area contributed by atoms with Crippen molar-refractivity contribution in [2.75, 3.05) is 13.3 Å². The molecule has 3 rings (SSSR count). The Morgan fingerprint density at radius 3 is 2.50 bits per heavy atom. The van der Waals surface area contributed by atoms with Gasteiger partial charge in [-0.1, -0.05) is 0 Å². The molecule has 2 N–H and O–H groups in total. The molecule has 1 unspecified atom stereocenters. The third kappa shape index (κ3) is 3.48. The maximum Gasteiger partial charge on any atom is 0.407 e. The Morgan fingerprint density at radius 2 is 1.96 bits per heavy atom. The monoisotopic (exact) mass is 404 g/mol. The van der Waals surface area contributed by atoms with E-state index in [1.165, 1.54) is 22.8 Å². The van der Waals surface area contributed by atoms with Gasteiger partial charge in [-0.3, -0.25) is 14.5 Å². The van der Waals surface area contributed by atoms with E-state index in [1.807, 2.05) is 0 Å². The number of nitrogens with one attached hydrogen (secondary N) is 1. The fraction of sp³-hybridized carbons (Fsp3) is 0.333. The van der Waals surface area contributed by atoms with Crippen molar-refractivity contribution in [3.8, 4) is 5.69 Å². The first-order valence-corrected chi connectivity index (χ1v) is 10.1. The number of nitrogens with zero attached hydrogens (tertiary/aromatic N) is 3. The Morgan fingerprint density at radius 1 is 1.32 bits per heavy atom. The highest BCUT2D eigenvalue weighted by Crippen LogP contribution is 2.23. The Labute approximate surface area is 164 Å². The van der Waals surface area contributed by atoms with Gasteiger partial charge in [0.2, 0.25) is 0 Å². The summed E-state index contributed by atoms with van der Waals surface area (Å²) in [4.78, 5) is 41.9. The van der Waals surface area contributed by atoms with E-state index in [9.17, 15) is 24.0 Å². The van der Waals surface area contributed by atoms with Crippen LogP contribution in [-0.4, -0.2) is 55.5 Å². The normalized spacial score (nSPS) is 17.0. The summed E-state index contributed by atoms with van der Waals surface area (Å²) in [5.41, 5.74) is 1.23. The van der Waals surface area contributed by atoms with Gasteiger partial charge in [-0.05, 0) is 31.2 Å². The summed E-state index contributed by atoms with van der Waals surface area (Å²) in [6, 6.07) is 5.94.